The van der Waals surface area contributed by atoms with Crippen LogP contribution in [0.25, 0.3) is 21.6 Å². The van der Waals surface area contributed by atoms with Crippen molar-refractivity contribution in [3.63, 3.8) is 0 Å². The van der Waals surface area contributed by atoms with E-state index in [0.29, 0.717) is 5.69 Å². The lowest BCUT2D eigenvalue weighted by atomic mass is 9.78. The predicted octanol–water partition coefficient (Wildman–Crippen LogP) is 6.45. The van der Waals surface area contributed by atoms with Crippen LogP contribution < -0.4 is 5.32 Å². The molecule has 0 bridgehead atoms. The highest BCUT2D eigenvalue weighted by Crippen LogP contribution is 2.37. The first-order valence-electron chi connectivity index (χ1n) is 11.9. The van der Waals surface area contributed by atoms with Gasteiger partial charge in [0.25, 0.3) is 0 Å². The van der Waals surface area contributed by atoms with E-state index in [4.69, 9.17) is 9.47 Å². The van der Waals surface area contributed by atoms with E-state index in [2.05, 4.69) is 9.69 Å². The molecule has 2 heterocycles. The number of carbonyl (C=O) groups excluding carboxylic acids is 1. The number of nitrogens with one attached hydrogen (secondary N) is 1. The number of rotatable bonds is 7. The van der Waals surface area contributed by atoms with Crippen molar-refractivity contribution in [1.29, 1.82) is 0 Å². The van der Waals surface area contributed by atoms with Crippen LogP contribution in [-0.2, 0) is 19.7 Å². The van der Waals surface area contributed by atoms with Crippen molar-refractivity contribution in [2.24, 2.45) is 0 Å². The fourth-order valence-corrected chi connectivity index (χ4v) is 5.16. The maximum Gasteiger partial charge on any atom is 0.412 e. The first kappa shape index (κ1) is 24.7. The molecule has 188 valence electrons. The SMILES string of the molecule is Cc1nsc(-c2ccc(-c3ccc(C4(C(=O)O)COC4)cc3)cc2)c1NC(=O)OC(C)c1ccccc1. The van der Waals surface area contributed by atoms with Crippen LogP contribution in [0.3, 0.4) is 0 Å². The van der Waals surface area contributed by atoms with E-state index >= 15 is 0 Å². The average Bonchev–Trinajstić information content (AvgIpc) is 3.24. The molecule has 8 heteroatoms. The fourth-order valence-electron chi connectivity index (χ4n) is 4.31. The van der Waals surface area contributed by atoms with E-state index in [-0.39, 0.29) is 19.3 Å². The second-order valence-electron chi connectivity index (χ2n) is 9.09. The summed E-state index contributed by atoms with van der Waals surface area (Å²) >= 11 is 1.32. The third-order valence-corrected chi connectivity index (χ3v) is 7.65. The number of carboxylic acids is 1. The van der Waals surface area contributed by atoms with Gasteiger partial charge in [0.1, 0.15) is 11.5 Å². The molecule has 4 aromatic rings. The van der Waals surface area contributed by atoms with Gasteiger partial charge in [-0.25, -0.2) is 4.79 Å². The third kappa shape index (κ3) is 4.85. The molecular formula is C29H26N2O5S. The van der Waals surface area contributed by atoms with E-state index in [1.54, 1.807) is 0 Å². The van der Waals surface area contributed by atoms with Gasteiger partial charge in [0.05, 0.1) is 29.5 Å². The molecule has 2 N–H and O–H groups in total. The molecule has 7 nitrogen and oxygen atoms in total. The molecule has 0 radical (unpaired) electrons. The third-order valence-electron chi connectivity index (χ3n) is 6.67. The van der Waals surface area contributed by atoms with E-state index < -0.39 is 17.5 Å². The van der Waals surface area contributed by atoms with Gasteiger partial charge in [0.15, 0.2) is 0 Å². The number of aliphatic carboxylic acids is 1. The molecule has 37 heavy (non-hydrogen) atoms. The summed E-state index contributed by atoms with van der Waals surface area (Å²) in [5.41, 5.74) is 4.97. The summed E-state index contributed by atoms with van der Waals surface area (Å²) < 4.78 is 15.2. The van der Waals surface area contributed by atoms with Crippen LogP contribution in [0.2, 0.25) is 0 Å². The van der Waals surface area contributed by atoms with E-state index in [1.807, 2.05) is 92.7 Å². The zero-order valence-electron chi connectivity index (χ0n) is 20.4. The van der Waals surface area contributed by atoms with Crippen LogP contribution in [0, 0.1) is 6.92 Å². The Kier molecular flexibility index (Phi) is 6.78. The van der Waals surface area contributed by atoms with Crippen molar-refractivity contribution < 1.29 is 24.2 Å². The second kappa shape index (κ2) is 10.2. The second-order valence-corrected chi connectivity index (χ2v) is 9.86. The Morgan fingerprint density at radius 3 is 2.14 bits per heavy atom. The molecule has 1 aliphatic rings. The topological polar surface area (TPSA) is 97.8 Å². The Balaban J connectivity index is 1.30. The maximum absolute atomic E-state index is 12.6. The van der Waals surface area contributed by atoms with Gasteiger partial charge in [-0.3, -0.25) is 10.1 Å². The lowest BCUT2D eigenvalue weighted by Crippen LogP contribution is -2.53. The van der Waals surface area contributed by atoms with Gasteiger partial charge in [0.2, 0.25) is 0 Å². The molecule has 1 aliphatic heterocycles. The minimum atomic E-state index is -0.949. The molecule has 1 unspecified atom stereocenters. The Bertz CT molecular complexity index is 1410. The molecule has 3 aromatic carbocycles. The van der Waals surface area contributed by atoms with Gasteiger partial charge in [-0.2, -0.15) is 4.37 Å². The molecule has 1 aromatic heterocycles. The van der Waals surface area contributed by atoms with Crippen molar-refractivity contribution >= 4 is 29.3 Å². The quantitative estimate of drug-likeness (QED) is 0.294. The first-order chi connectivity index (χ1) is 17.9. The Labute approximate surface area is 218 Å². The van der Waals surface area contributed by atoms with Gasteiger partial charge in [-0.05, 0) is 53.2 Å². The van der Waals surface area contributed by atoms with E-state index in [9.17, 15) is 14.7 Å². The summed E-state index contributed by atoms with van der Waals surface area (Å²) in [5.74, 6) is -0.862. The zero-order chi connectivity index (χ0) is 26.0. The first-order valence-corrected chi connectivity index (χ1v) is 12.7. The number of hydrogen-bond acceptors (Lipinski definition) is 6. The lowest BCUT2D eigenvalue weighted by molar-refractivity contribution is -0.163. The van der Waals surface area contributed by atoms with Crippen LogP contribution in [0.4, 0.5) is 10.5 Å². The molecule has 5 rings (SSSR count). The molecule has 1 saturated heterocycles. The number of amides is 1. The van der Waals surface area contributed by atoms with Crippen molar-refractivity contribution in [1.82, 2.24) is 4.37 Å². The molecule has 1 fully saturated rings. The largest absolute Gasteiger partial charge is 0.480 e. The fraction of sp³-hybridized carbons (Fsp3) is 0.207. The van der Waals surface area contributed by atoms with E-state index in [0.717, 1.165) is 38.4 Å². The summed E-state index contributed by atoms with van der Waals surface area (Å²) in [4.78, 5) is 25.2. The minimum absolute atomic E-state index is 0.194. The molecule has 1 amide bonds. The van der Waals surface area contributed by atoms with Gasteiger partial charge in [-0.15, -0.1) is 0 Å². The lowest BCUT2D eigenvalue weighted by Gasteiger charge is -2.37. The minimum Gasteiger partial charge on any atom is -0.480 e. The number of carbonyl (C=O) groups is 2. The van der Waals surface area contributed by atoms with Crippen LogP contribution in [0.5, 0.6) is 0 Å². The number of carboxylic acid groups (broad SMARTS) is 1. The summed E-state index contributed by atoms with van der Waals surface area (Å²) in [5, 5.41) is 12.5. The molecule has 0 spiro atoms. The zero-order valence-corrected chi connectivity index (χ0v) is 21.2. The molecule has 1 atom stereocenters. The highest BCUT2D eigenvalue weighted by molar-refractivity contribution is 7.10. The number of aryl methyl sites for hydroxylation is 1. The van der Waals surface area contributed by atoms with Gasteiger partial charge in [0, 0.05) is 0 Å². The Morgan fingerprint density at radius 2 is 1.57 bits per heavy atom. The van der Waals surface area contributed by atoms with Gasteiger partial charge >= 0.3 is 12.1 Å². The highest BCUT2D eigenvalue weighted by Gasteiger charge is 2.47. The number of nitrogens with zero attached hydrogens (tertiary/aromatic N) is 1. The van der Waals surface area contributed by atoms with Gasteiger partial charge < -0.3 is 14.6 Å². The normalized spacial score (nSPS) is 14.9. The standard InChI is InChI=1S/C29H26N2O5S/c1-18-25(30-28(34)36-19(2)20-6-4-3-5-7-20)26(37-31-18)23-10-8-21(9-11-23)22-12-14-24(15-13-22)29(27(32)33)16-35-17-29/h3-15,19H,16-17H2,1-2H3,(H,30,34)(H,32,33). The molecule has 0 aliphatic carbocycles. The Morgan fingerprint density at radius 1 is 0.973 bits per heavy atom. The predicted molar refractivity (Wildman–Crippen MR) is 143 cm³/mol. The summed E-state index contributed by atoms with van der Waals surface area (Å²) in [6.45, 7) is 4.07. The van der Waals surface area contributed by atoms with Crippen molar-refractivity contribution in [2.75, 3.05) is 18.5 Å². The number of hydrogen-bond donors (Lipinski definition) is 2. The number of aromatic nitrogens is 1. The van der Waals surface area contributed by atoms with Crippen LogP contribution in [0.15, 0.2) is 78.9 Å². The van der Waals surface area contributed by atoms with Crippen molar-refractivity contribution in [3.8, 4) is 21.6 Å². The van der Waals surface area contributed by atoms with Crippen LogP contribution >= 0.6 is 11.5 Å². The summed E-state index contributed by atoms with van der Waals surface area (Å²) in [6.07, 6.45) is -0.918. The molecule has 0 saturated carbocycles. The van der Waals surface area contributed by atoms with Crippen molar-refractivity contribution in [3.05, 3.63) is 95.7 Å². The van der Waals surface area contributed by atoms with Gasteiger partial charge in [-0.1, -0.05) is 78.9 Å². The van der Waals surface area contributed by atoms with Crippen LogP contribution in [-0.4, -0.2) is 34.8 Å². The monoisotopic (exact) mass is 514 g/mol. The average molecular weight is 515 g/mol. The Hall–Kier alpha value is -4.01. The van der Waals surface area contributed by atoms with Crippen molar-refractivity contribution in [2.45, 2.75) is 25.4 Å². The summed E-state index contributed by atoms with van der Waals surface area (Å²) in [7, 11) is 0. The number of benzene rings is 3. The maximum atomic E-state index is 12.6. The van der Waals surface area contributed by atoms with E-state index in [1.165, 1.54) is 11.5 Å². The number of ether oxygens (including phenoxy) is 2. The van der Waals surface area contributed by atoms with Crippen LogP contribution in [0.1, 0.15) is 29.8 Å². The highest BCUT2D eigenvalue weighted by atomic mass is 32.1. The summed E-state index contributed by atoms with van der Waals surface area (Å²) in [6, 6.07) is 25.1. The smallest absolute Gasteiger partial charge is 0.412 e. The number of anilines is 1. The molecular weight excluding hydrogens is 488 g/mol.